The van der Waals surface area contributed by atoms with Crippen molar-refractivity contribution < 1.29 is 23.4 Å². The third kappa shape index (κ3) is 6.15. The van der Waals surface area contributed by atoms with Gasteiger partial charge in [-0.1, -0.05) is 18.2 Å². The van der Waals surface area contributed by atoms with Crippen molar-refractivity contribution >= 4 is 17.4 Å². The highest BCUT2D eigenvalue weighted by Gasteiger charge is 2.28. The molecule has 1 saturated heterocycles. The number of H-pyrrole nitrogens is 1. The molecule has 41 heavy (non-hydrogen) atoms. The molecule has 1 aliphatic rings. The van der Waals surface area contributed by atoms with Crippen LogP contribution in [0.25, 0.3) is 11.3 Å². The van der Waals surface area contributed by atoms with E-state index in [0.29, 0.717) is 65.9 Å². The minimum absolute atomic E-state index is 0.0473. The van der Waals surface area contributed by atoms with E-state index in [1.54, 1.807) is 60.8 Å². The Morgan fingerprint density at radius 2 is 2.00 bits per heavy atom. The number of aromatic amines is 1. The molecule has 0 radical (unpaired) electrons. The number of nitrogens with two attached hydrogens (primary N) is 2. The molecule has 0 bridgehead atoms. The average Bonchev–Trinajstić information content (AvgIpc) is 3.67. The van der Waals surface area contributed by atoms with Gasteiger partial charge < -0.3 is 36.0 Å². The first kappa shape index (κ1) is 27.7. The van der Waals surface area contributed by atoms with Crippen molar-refractivity contribution in [1.29, 1.82) is 5.41 Å². The molecule has 0 aliphatic carbocycles. The lowest BCUT2D eigenvalue weighted by atomic mass is 10.0. The van der Waals surface area contributed by atoms with Gasteiger partial charge in [0, 0.05) is 40.4 Å². The summed E-state index contributed by atoms with van der Waals surface area (Å²) in [5.74, 6) is -0.366. The standard InChI is InChI=1S/C30H31FN6O4/c1-2-40-20-13-23(26(31)25(14-20)41-19-11-12-39-16-19)27(36-18-9-7-17(8-10-18)28(32)33)30-35-15-24(37-30)21-5-3-4-6-22(21)29(34)38/h3-10,13-15,19,27,36H,2,11-12,16H2,1H3,(H3,32,33)(H2,34,38)(H,35,37)/t19-,27?/m0/s1. The number of amides is 1. The number of hydrogen-bond acceptors (Lipinski definition) is 7. The maximum atomic E-state index is 16.2. The van der Waals surface area contributed by atoms with E-state index in [2.05, 4.69) is 15.3 Å². The van der Waals surface area contributed by atoms with E-state index in [9.17, 15) is 4.79 Å². The van der Waals surface area contributed by atoms with Crippen molar-refractivity contribution in [3.8, 4) is 22.8 Å². The van der Waals surface area contributed by atoms with E-state index in [1.807, 2.05) is 6.92 Å². The average molecular weight is 559 g/mol. The molecule has 5 rings (SSSR count). The number of nitrogens with zero attached hydrogens (tertiary/aromatic N) is 1. The van der Waals surface area contributed by atoms with Gasteiger partial charge in [0.05, 0.1) is 31.7 Å². The Balaban J connectivity index is 1.60. The van der Waals surface area contributed by atoms with Crippen LogP contribution in [0.2, 0.25) is 0 Å². The van der Waals surface area contributed by atoms with Crippen molar-refractivity contribution in [3.05, 3.63) is 95.2 Å². The molecule has 2 heterocycles. The largest absolute Gasteiger partial charge is 0.494 e. The molecule has 1 aromatic heterocycles. The van der Waals surface area contributed by atoms with Gasteiger partial charge in [0.15, 0.2) is 11.6 Å². The lowest BCUT2D eigenvalue weighted by molar-refractivity contribution is 0.100. The number of nitrogen functional groups attached to an aromatic ring is 1. The van der Waals surface area contributed by atoms with Crippen LogP contribution < -0.4 is 26.3 Å². The molecule has 10 nitrogen and oxygen atoms in total. The summed E-state index contributed by atoms with van der Waals surface area (Å²) in [5.41, 5.74) is 14.0. The highest BCUT2D eigenvalue weighted by molar-refractivity contribution is 5.99. The number of primary amides is 1. The predicted molar refractivity (Wildman–Crippen MR) is 153 cm³/mol. The maximum absolute atomic E-state index is 16.2. The van der Waals surface area contributed by atoms with E-state index in [1.165, 1.54) is 6.07 Å². The number of benzene rings is 3. The number of anilines is 1. The zero-order valence-corrected chi connectivity index (χ0v) is 22.4. The zero-order chi connectivity index (χ0) is 28.9. The van der Waals surface area contributed by atoms with E-state index in [0.717, 1.165) is 0 Å². The summed E-state index contributed by atoms with van der Waals surface area (Å²) in [6.07, 6.45) is 1.95. The number of nitrogens with one attached hydrogen (secondary N) is 3. The van der Waals surface area contributed by atoms with E-state index >= 15 is 4.39 Å². The van der Waals surface area contributed by atoms with Crippen LogP contribution in [0.4, 0.5) is 10.1 Å². The number of hydrogen-bond donors (Lipinski definition) is 5. The molecule has 2 atom stereocenters. The van der Waals surface area contributed by atoms with Crippen LogP contribution in [0.5, 0.6) is 11.5 Å². The van der Waals surface area contributed by atoms with E-state index in [-0.39, 0.29) is 23.3 Å². The number of imidazole rings is 1. The van der Waals surface area contributed by atoms with Crippen molar-refractivity contribution in [2.24, 2.45) is 11.5 Å². The number of carbonyl (C=O) groups excluding carboxylic acids is 1. The second-order valence-corrected chi connectivity index (χ2v) is 9.52. The fraction of sp³-hybridized carbons (Fsp3) is 0.233. The summed E-state index contributed by atoms with van der Waals surface area (Å²) in [5, 5.41) is 11.0. The fourth-order valence-corrected chi connectivity index (χ4v) is 4.68. The van der Waals surface area contributed by atoms with E-state index in [4.69, 9.17) is 31.1 Å². The Labute approximate surface area is 236 Å². The molecule has 11 heteroatoms. The van der Waals surface area contributed by atoms with Gasteiger partial charge >= 0.3 is 0 Å². The van der Waals surface area contributed by atoms with Crippen LogP contribution in [0, 0.1) is 11.2 Å². The second-order valence-electron chi connectivity index (χ2n) is 9.52. The van der Waals surface area contributed by atoms with Gasteiger partial charge in [0.2, 0.25) is 5.91 Å². The Hall–Kier alpha value is -4.90. The summed E-state index contributed by atoms with van der Waals surface area (Å²) < 4.78 is 33.4. The highest BCUT2D eigenvalue weighted by Crippen LogP contribution is 2.37. The molecular weight excluding hydrogens is 527 g/mol. The molecule has 0 spiro atoms. The maximum Gasteiger partial charge on any atom is 0.249 e. The topological polar surface area (TPSA) is 161 Å². The summed E-state index contributed by atoms with van der Waals surface area (Å²) in [6.45, 7) is 3.14. The van der Waals surface area contributed by atoms with Crippen LogP contribution >= 0.6 is 0 Å². The fourth-order valence-electron chi connectivity index (χ4n) is 4.68. The van der Waals surface area contributed by atoms with Gasteiger partial charge in [-0.15, -0.1) is 0 Å². The number of carbonyl (C=O) groups is 1. The predicted octanol–water partition coefficient (Wildman–Crippen LogP) is 4.37. The molecule has 1 amide bonds. The van der Waals surface area contributed by atoms with Gasteiger partial charge in [0.1, 0.15) is 29.6 Å². The Morgan fingerprint density at radius 1 is 1.22 bits per heavy atom. The number of aromatic nitrogens is 2. The molecule has 1 fully saturated rings. The summed E-state index contributed by atoms with van der Waals surface area (Å²) in [4.78, 5) is 19.9. The second kappa shape index (κ2) is 12.1. The quantitative estimate of drug-likeness (QED) is 0.135. The Morgan fingerprint density at radius 3 is 2.68 bits per heavy atom. The third-order valence-corrected chi connectivity index (χ3v) is 6.70. The van der Waals surface area contributed by atoms with Crippen LogP contribution in [-0.4, -0.2) is 47.6 Å². The summed E-state index contributed by atoms with van der Waals surface area (Å²) in [6, 6.07) is 16.1. The summed E-state index contributed by atoms with van der Waals surface area (Å²) >= 11 is 0. The van der Waals surface area contributed by atoms with Crippen LogP contribution in [0.15, 0.2) is 66.9 Å². The Bertz CT molecular complexity index is 1550. The SMILES string of the molecule is CCOc1cc(O[C@H]2CCOC2)c(F)c(C(Nc2ccc(C(=N)N)cc2)c2ncc(-c3ccccc3C(N)=O)[nH]2)c1. The molecule has 0 saturated carbocycles. The molecule has 1 aliphatic heterocycles. The summed E-state index contributed by atoms with van der Waals surface area (Å²) in [7, 11) is 0. The van der Waals surface area contributed by atoms with Crippen molar-refractivity contribution in [3.63, 3.8) is 0 Å². The van der Waals surface area contributed by atoms with Gasteiger partial charge in [-0.05, 0) is 43.3 Å². The first-order valence-electron chi connectivity index (χ1n) is 13.2. The Kier molecular flexibility index (Phi) is 8.16. The van der Waals surface area contributed by atoms with E-state index < -0.39 is 17.8 Å². The zero-order valence-electron chi connectivity index (χ0n) is 22.4. The van der Waals surface area contributed by atoms with Gasteiger partial charge in [-0.3, -0.25) is 10.2 Å². The monoisotopic (exact) mass is 558 g/mol. The number of amidine groups is 1. The van der Waals surface area contributed by atoms with Crippen LogP contribution in [-0.2, 0) is 4.74 Å². The minimum Gasteiger partial charge on any atom is -0.494 e. The lowest BCUT2D eigenvalue weighted by Gasteiger charge is -2.22. The van der Waals surface area contributed by atoms with Gasteiger partial charge in [0.25, 0.3) is 0 Å². The smallest absolute Gasteiger partial charge is 0.249 e. The number of halogens is 1. The first-order valence-corrected chi connectivity index (χ1v) is 13.2. The van der Waals surface area contributed by atoms with Gasteiger partial charge in [-0.25, -0.2) is 9.37 Å². The molecule has 7 N–H and O–H groups in total. The molecule has 212 valence electrons. The molecule has 1 unspecified atom stereocenters. The number of rotatable bonds is 11. The van der Waals surface area contributed by atoms with Crippen molar-refractivity contribution in [1.82, 2.24) is 9.97 Å². The van der Waals surface area contributed by atoms with Crippen molar-refractivity contribution in [2.75, 3.05) is 25.1 Å². The first-order chi connectivity index (χ1) is 19.8. The number of ether oxygens (including phenoxy) is 3. The third-order valence-electron chi connectivity index (χ3n) is 6.70. The molecular formula is C30H31FN6O4. The van der Waals surface area contributed by atoms with Crippen LogP contribution in [0.3, 0.4) is 0 Å². The minimum atomic E-state index is -0.838. The molecule has 3 aromatic carbocycles. The van der Waals surface area contributed by atoms with Crippen molar-refractivity contribution in [2.45, 2.75) is 25.5 Å². The lowest BCUT2D eigenvalue weighted by Crippen LogP contribution is -2.20. The highest BCUT2D eigenvalue weighted by atomic mass is 19.1. The molecule has 4 aromatic rings. The van der Waals surface area contributed by atoms with Gasteiger partial charge in [-0.2, -0.15) is 0 Å². The van der Waals surface area contributed by atoms with Crippen LogP contribution in [0.1, 0.15) is 46.7 Å². The normalized spacial score (nSPS) is 15.3.